The largest absolute Gasteiger partial charge is 0.469 e. The molecule has 3 amide bonds. The number of esters is 1. The first-order valence-electron chi connectivity index (χ1n) is 6.68. The van der Waals surface area contributed by atoms with Crippen molar-refractivity contribution in [1.29, 1.82) is 0 Å². The highest BCUT2D eigenvalue weighted by Gasteiger charge is 2.12. The van der Waals surface area contributed by atoms with Gasteiger partial charge in [-0.05, 0) is 13.3 Å². The van der Waals surface area contributed by atoms with Gasteiger partial charge in [0.1, 0.15) is 0 Å². The van der Waals surface area contributed by atoms with Gasteiger partial charge in [-0.25, -0.2) is 9.78 Å². The first kappa shape index (κ1) is 18.7. The third kappa shape index (κ3) is 6.10. The molecule has 0 spiro atoms. The molecular formula is C13H18N4O5S. The van der Waals surface area contributed by atoms with E-state index in [4.69, 9.17) is 0 Å². The molecule has 0 radical (unpaired) electrons. The van der Waals surface area contributed by atoms with Crippen LogP contribution in [0.5, 0.6) is 0 Å². The van der Waals surface area contributed by atoms with Crippen LogP contribution < -0.4 is 16.2 Å². The summed E-state index contributed by atoms with van der Waals surface area (Å²) < 4.78 is 4.53. The number of aromatic nitrogens is 2. The van der Waals surface area contributed by atoms with Crippen LogP contribution in [0.4, 0.5) is 4.79 Å². The number of nitrogens with one attached hydrogen (secondary N) is 3. The SMILES string of the molecule is CNC(=O)NC(=O)CSc1nc(C)c(CCC(=O)OC)c(=O)[nH]1. The topological polar surface area (TPSA) is 130 Å². The molecule has 1 heterocycles. The second-order valence-corrected chi connectivity index (χ2v) is 5.39. The van der Waals surface area contributed by atoms with E-state index in [-0.39, 0.29) is 29.3 Å². The van der Waals surface area contributed by atoms with Crippen LogP contribution in [0, 0.1) is 6.92 Å². The van der Waals surface area contributed by atoms with Gasteiger partial charge >= 0.3 is 12.0 Å². The van der Waals surface area contributed by atoms with Crippen LogP contribution in [0.15, 0.2) is 9.95 Å². The van der Waals surface area contributed by atoms with Crippen molar-refractivity contribution >= 4 is 29.7 Å². The molecule has 23 heavy (non-hydrogen) atoms. The maximum absolute atomic E-state index is 12.0. The van der Waals surface area contributed by atoms with E-state index >= 15 is 0 Å². The first-order valence-corrected chi connectivity index (χ1v) is 7.67. The number of urea groups is 1. The highest BCUT2D eigenvalue weighted by Crippen LogP contribution is 2.13. The van der Waals surface area contributed by atoms with Gasteiger partial charge in [0.25, 0.3) is 5.56 Å². The van der Waals surface area contributed by atoms with E-state index in [0.717, 1.165) is 11.8 Å². The Morgan fingerprint density at radius 2 is 2.04 bits per heavy atom. The Labute approximate surface area is 136 Å². The molecule has 0 atom stereocenters. The molecule has 9 nitrogen and oxygen atoms in total. The molecule has 1 rings (SSSR count). The van der Waals surface area contributed by atoms with E-state index in [1.165, 1.54) is 14.2 Å². The van der Waals surface area contributed by atoms with E-state index < -0.39 is 17.9 Å². The van der Waals surface area contributed by atoms with Crippen molar-refractivity contribution in [3.05, 3.63) is 21.6 Å². The zero-order chi connectivity index (χ0) is 17.4. The maximum atomic E-state index is 12.0. The normalized spacial score (nSPS) is 10.0. The number of amides is 3. The lowest BCUT2D eigenvalue weighted by atomic mass is 10.1. The number of hydrogen-bond acceptors (Lipinski definition) is 7. The molecule has 10 heteroatoms. The van der Waals surface area contributed by atoms with Gasteiger partial charge in [-0.1, -0.05) is 11.8 Å². The molecule has 0 saturated carbocycles. The zero-order valence-corrected chi connectivity index (χ0v) is 13.8. The first-order chi connectivity index (χ1) is 10.9. The van der Waals surface area contributed by atoms with Crippen molar-refractivity contribution in [2.45, 2.75) is 24.9 Å². The third-order valence-electron chi connectivity index (χ3n) is 2.83. The molecule has 3 N–H and O–H groups in total. The molecular weight excluding hydrogens is 324 g/mol. The molecule has 1 aromatic heterocycles. The van der Waals surface area contributed by atoms with Gasteiger partial charge in [-0.3, -0.25) is 19.7 Å². The number of thioether (sulfide) groups is 1. The number of H-pyrrole nitrogens is 1. The van der Waals surface area contributed by atoms with Gasteiger partial charge < -0.3 is 15.0 Å². The van der Waals surface area contributed by atoms with E-state index in [0.29, 0.717) is 11.3 Å². The van der Waals surface area contributed by atoms with Crippen molar-refractivity contribution in [2.24, 2.45) is 0 Å². The number of aryl methyl sites for hydroxylation is 1. The molecule has 0 saturated heterocycles. The fraction of sp³-hybridized carbons (Fsp3) is 0.462. The molecule has 126 valence electrons. The Balaban J connectivity index is 2.69. The number of hydrogen-bond donors (Lipinski definition) is 3. The van der Waals surface area contributed by atoms with Crippen LogP contribution in [0.3, 0.4) is 0 Å². The summed E-state index contributed by atoms with van der Waals surface area (Å²) in [6.45, 7) is 1.65. The van der Waals surface area contributed by atoms with Crippen LogP contribution in [-0.2, 0) is 20.7 Å². The standard InChI is InChI=1S/C13H18N4O5S/c1-7-8(4-5-10(19)22-3)11(20)17-13(15-7)23-6-9(18)16-12(21)14-2/h4-6H2,1-3H3,(H,15,17,20)(H2,14,16,18,21). The molecule has 1 aromatic rings. The predicted octanol–water partition coefficient (Wildman–Crippen LogP) is -0.268. The van der Waals surface area contributed by atoms with Gasteiger partial charge in [-0.2, -0.15) is 0 Å². The van der Waals surface area contributed by atoms with Gasteiger partial charge in [-0.15, -0.1) is 0 Å². The molecule has 0 fully saturated rings. The molecule has 0 aromatic carbocycles. The maximum Gasteiger partial charge on any atom is 0.321 e. The third-order valence-corrected chi connectivity index (χ3v) is 3.70. The molecule has 0 aliphatic heterocycles. The molecule has 0 aliphatic carbocycles. The number of methoxy groups -OCH3 is 1. The number of aromatic amines is 1. The van der Waals surface area contributed by atoms with Crippen molar-refractivity contribution < 1.29 is 19.1 Å². The van der Waals surface area contributed by atoms with E-state index in [1.54, 1.807) is 6.92 Å². The van der Waals surface area contributed by atoms with Gasteiger partial charge in [0.05, 0.1) is 12.9 Å². The second-order valence-electron chi connectivity index (χ2n) is 4.43. The monoisotopic (exact) mass is 342 g/mol. The molecule has 0 bridgehead atoms. The number of rotatable bonds is 6. The van der Waals surface area contributed by atoms with Crippen LogP contribution in [0.2, 0.25) is 0 Å². The number of imide groups is 1. The summed E-state index contributed by atoms with van der Waals surface area (Å²) in [5, 5.41) is 4.62. The minimum atomic E-state index is -0.605. The predicted molar refractivity (Wildman–Crippen MR) is 83.3 cm³/mol. The van der Waals surface area contributed by atoms with Crippen LogP contribution in [0.25, 0.3) is 0 Å². The van der Waals surface area contributed by atoms with Crippen LogP contribution in [0.1, 0.15) is 17.7 Å². The van der Waals surface area contributed by atoms with Crippen LogP contribution >= 0.6 is 11.8 Å². The lowest BCUT2D eigenvalue weighted by Crippen LogP contribution is -2.38. The fourth-order valence-corrected chi connectivity index (χ4v) is 2.34. The minimum absolute atomic E-state index is 0.0721. The Hall–Kier alpha value is -2.36. The molecule has 0 aliphatic rings. The van der Waals surface area contributed by atoms with Gasteiger partial charge in [0.15, 0.2) is 5.16 Å². The number of carbonyl (C=O) groups excluding carboxylic acids is 3. The summed E-state index contributed by atoms with van der Waals surface area (Å²) in [4.78, 5) is 52.3. The smallest absolute Gasteiger partial charge is 0.321 e. The average molecular weight is 342 g/mol. The van der Waals surface area contributed by atoms with Crippen molar-refractivity contribution in [3.8, 4) is 0 Å². The lowest BCUT2D eigenvalue weighted by Gasteiger charge is -2.07. The van der Waals surface area contributed by atoms with E-state index in [2.05, 4.69) is 25.3 Å². The van der Waals surface area contributed by atoms with Gasteiger partial charge in [0, 0.05) is 24.7 Å². The minimum Gasteiger partial charge on any atom is -0.469 e. The van der Waals surface area contributed by atoms with Gasteiger partial charge in [0.2, 0.25) is 5.91 Å². The summed E-state index contributed by atoms with van der Waals surface area (Å²) >= 11 is 0.997. The summed E-state index contributed by atoms with van der Waals surface area (Å²) in [6.07, 6.45) is 0.312. The van der Waals surface area contributed by atoms with E-state index in [9.17, 15) is 19.2 Å². The average Bonchev–Trinajstić information content (AvgIpc) is 2.51. The lowest BCUT2D eigenvalue weighted by molar-refractivity contribution is -0.140. The summed E-state index contributed by atoms with van der Waals surface area (Å²) in [7, 11) is 2.67. The Kier molecular flexibility index (Phi) is 7.26. The number of carbonyl (C=O) groups is 3. The number of nitrogens with zero attached hydrogens (tertiary/aromatic N) is 1. The summed E-state index contributed by atoms with van der Waals surface area (Å²) in [6, 6.07) is -0.605. The van der Waals surface area contributed by atoms with Crippen molar-refractivity contribution in [2.75, 3.05) is 19.9 Å². The molecule has 0 unspecified atom stereocenters. The second kappa shape index (κ2) is 8.93. The van der Waals surface area contributed by atoms with Crippen LogP contribution in [-0.4, -0.2) is 47.8 Å². The Morgan fingerprint density at radius 3 is 2.61 bits per heavy atom. The zero-order valence-electron chi connectivity index (χ0n) is 13.0. The fourth-order valence-electron chi connectivity index (χ4n) is 1.64. The highest BCUT2D eigenvalue weighted by atomic mass is 32.2. The summed E-state index contributed by atoms with van der Waals surface area (Å²) in [5.74, 6) is -0.991. The highest BCUT2D eigenvalue weighted by molar-refractivity contribution is 7.99. The Morgan fingerprint density at radius 1 is 1.35 bits per heavy atom. The van der Waals surface area contributed by atoms with E-state index in [1.807, 2.05) is 0 Å². The summed E-state index contributed by atoms with van der Waals surface area (Å²) in [5.41, 5.74) is 0.511. The van der Waals surface area contributed by atoms with Crippen molar-refractivity contribution in [3.63, 3.8) is 0 Å². The Bertz CT molecular complexity index is 658. The number of ether oxygens (including phenoxy) is 1. The quantitative estimate of drug-likeness (QED) is 0.368. The van der Waals surface area contributed by atoms with Crippen molar-refractivity contribution in [1.82, 2.24) is 20.6 Å².